The number of fused-ring (bicyclic) bond motifs is 1. The minimum atomic E-state index is -3.35. The Morgan fingerprint density at radius 3 is 2.64 bits per heavy atom. The monoisotopic (exact) mass is 335 g/mol. The standard InChI is InChI=1S/C15H14ClN3O2S/c1-19(22(2,20)21)14-6-4-3-5-11(14)15-17-12-8-7-10(16)9-13(12)18-15/h3-9H,1-2H3,(H,17,18). The molecule has 3 rings (SSSR count). The van der Waals surface area contributed by atoms with Gasteiger partial charge in [0.15, 0.2) is 0 Å². The summed E-state index contributed by atoms with van der Waals surface area (Å²) in [7, 11) is -1.83. The summed E-state index contributed by atoms with van der Waals surface area (Å²) in [5.74, 6) is 0.600. The highest BCUT2D eigenvalue weighted by molar-refractivity contribution is 7.92. The van der Waals surface area contributed by atoms with Gasteiger partial charge in [-0.3, -0.25) is 4.31 Å². The van der Waals surface area contributed by atoms with Crippen molar-refractivity contribution in [3.63, 3.8) is 0 Å². The lowest BCUT2D eigenvalue weighted by atomic mass is 10.1. The lowest BCUT2D eigenvalue weighted by Gasteiger charge is -2.19. The lowest BCUT2D eigenvalue weighted by Crippen LogP contribution is -2.25. The van der Waals surface area contributed by atoms with Gasteiger partial charge < -0.3 is 4.98 Å². The zero-order chi connectivity index (χ0) is 15.9. The number of hydrogen-bond donors (Lipinski definition) is 1. The molecule has 0 aliphatic carbocycles. The van der Waals surface area contributed by atoms with Crippen molar-refractivity contribution in [1.82, 2.24) is 9.97 Å². The molecule has 0 bridgehead atoms. The minimum absolute atomic E-state index is 0.565. The van der Waals surface area contributed by atoms with E-state index in [0.29, 0.717) is 22.1 Å². The molecule has 0 atom stereocenters. The molecule has 0 saturated carbocycles. The topological polar surface area (TPSA) is 66.1 Å². The first-order valence-corrected chi connectivity index (χ1v) is 8.77. The van der Waals surface area contributed by atoms with Crippen molar-refractivity contribution in [2.75, 3.05) is 17.6 Å². The van der Waals surface area contributed by atoms with Crippen LogP contribution in [0.2, 0.25) is 5.02 Å². The van der Waals surface area contributed by atoms with Crippen LogP contribution in [0.4, 0.5) is 5.69 Å². The Morgan fingerprint density at radius 1 is 1.18 bits per heavy atom. The quantitative estimate of drug-likeness (QED) is 0.798. The van der Waals surface area contributed by atoms with Crippen LogP contribution < -0.4 is 4.31 Å². The van der Waals surface area contributed by atoms with Crippen molar-refractivity contribution in [3.8, 4) is 11.4 Å². The fraction of sp³-hybridized carbons (Fsp3) is 0.133. The molecular formula is C15H14ClN3O2S. The molecule has 3 aromatic rings. The minimum Gasteiger partial charge on any atom is -0.338 e. The molecular weight excluding hydrogens is 322 g/mol. The Kier molecular flexibility index (Phi) is 3.58. The first kappa shape index (κ1) is 14.9. The summed E-state index contributed by atoms with van der Waals surface area (Å²) < 4.78 is 24.9. The number of anilines is 1. The number of benzene rings is 2. The number of hydrogen-bond acceptors (Lipinski definition) is 3. The van der Waals surface area contributed by atoms with Gasteiger partial charge in [-0.15, -0.1) is 0 Å². The molecule has 5 nitrogen and oxygen atoms in total. The van der Waals surface area contributed by atoms with Crippen LogP contribution in [-0.4, -0.2) is 31.7 Å². The third kappa shape index (κ3) is 2.67. The van der Waals surface area contributed by atoms with Crippen LogP contribution >= 0.6 is 11.6 Å². The number of nitrogens with zero attached hydrogens (tertiary/aromatic N) is 2. The van der Waals surface area contributed by atoms with Crippen LogP contribution in [0.25, 0.3) is 22.4 Å². The number of sulfonamides is 1. The summed E-state index contributed by atoms with van der Waals surface area (Å²) in [6.45, 7) is 0. The van der Waals surface area contributed by atoms with Crippen molar-refractivity contribution in [1.29, 1.82) is 0 Å². The van der Waals surface area contributed by atoms with Crippen molar-refractivity contribution in [2.24, 2.45) is 0 Å². The van der Waals surface area contributed by atoms with Crippen LogP contribution in [-0.2, 0) is 10.0 Å². The zero-order valence-corrected chi connectivity index (χ0v) is 13.6. The Labute approximate surface area is 133 Å². The first-order chi connectivity index (χ1) is 10.4. The molecule has 0 radical (unpaired) electrons. The third-order valence-corrected chi connectivity index (χ3v) is 4.87. The Morgan fingerprint density at radius 2 is 1.91 bits per heavy atom. The van der Waals surface area contributed by atoms with E-state index in [2.05, 4.69) is 9.97 Å². The molecule has 0 unspecified atom stereocenters. The van der Waals surface area contributed by atoms with Gasteiger partial charge in [0.05, 0.1) is 23.0 Å². The van der Waals surface area contributed by atoms with Crippen molar-refractivity contribution in [3.05, 3.63) is 47.5 Å². The number of aromatic amines is 1. The lowest BCUT2D eigenvalue weighted by molar-refractivity contribution is 0.600. The van der Waals surface area contributed by atoms with E-state index in [9.17, 15) is 8.42 Å². The molecule has 114 valence electrons. The van der Waals surface area contributed by atoms with Crippen LogP contribution in [0.5, 0.6) is 0 Å². The van der Waals surface area contributed by atoms with Gasteiger partial charge in [0.25, 0.3) is 0 Å². The smallest absolute Gasteiger partial charge is 0.232 e. The van der Waals surface area contributed by atoms with Gasteiger partial charge in [0.2, 0.25) is 10.0 Å². The predicted molar refractivity (Wildman–Crippen MR) is 89.8 cm³/mol. The summed E-state index contributed by atoms with van der Waals surface area (Å²) in [6.07, 6.45) is 1.17. The molecule has 2 aromatic carbocycles. The summed E-state index contributed by atoms with van der Waals surface area (Å²) in [5.41, 5.74) is 2.86. The second kappa shape index (κ2) is 5.30. The van der Waals surface area contributed by atoms with Gasteiger partial charge in [-0.25, -0.2) is 13.4 Å². The van der Waals surface area contributed by atoms with E-state index in [0.717, 1.165) is 11.0 Å². The third-order valence-electron chi connectivity index (χ3n) is 3.44. The van der Waals surface area contributed by atoms with E-state index >= 15 is 0 Å². The van der Waals surface area contributed by atoms with Gasteiger partial charge >= 0.3 is 0 Å². The van der Waals surface area contributed by atoms with Crippen molar-refractivity contribution in [2.45, 2.75) is 0 Å². The Balaban J connectivity index is 2.18. The van der Waals surface area contributed by atoms with Crippen LogP contribution in [0.1, 0.15) is 0 Å². The van der Waals surface area contributed by atoms with E-state index < -0.39 is 10.0 Å². The maximum Gasteiger partial charge on any atom is 0.232 e. The summed E-state index contributed by atoms with van der Waals surface area (Å²) in [6, 6.07) is 12.6. The van der Waals surface area contributed by atoms with Gasteiger partial charge in [0.1, 0.15) is 5.82 Å². The van der Waals surface area contributed by atoms with Gasteiger partial charge in [0, 0.05) is 17.6 Å². The molecule has 0 aliphatic heterocycles. The maximum absolute atomic E-state index is 11.8. The van der Waals surface area contributed by atoms with Crippen molar-refractivity contribution < 1.29 is 8.42 Å². The average molecular weight is 336 g/mol. The highest BCUT2D eigenvalue weighted by atomic mass is 35.5. The molecule has 1 N–H and O–H groups in total. The predicted octanol–water partition coefficient (Wildman–Crippen LogP) is 3.28. The zero-order valence-electron chi connectivity index (χ0n) is 12.0. The molecule has 0 amide bonds. The largest absolute Gasteiger partial charge is 0.338 e. The maximum atomic E-state index is 11.8. The molecule has 1 aromatic heterocycles. The number of para-hydroxylation sites is 1. The molecule has 0 spiro atoms. The number of halogens is 1. The van der Waals surface area contributed by atoms with E-state index in [1.165, 1.54) is 17.6 Å². The van der Waals surface area contributed by atoms with Crippen molar-refractivity contribution >= 4 is 38.3 Å². The molecule has 0 aliphatic rings. The second-order valence-corrected chi connectivity index (χ2v) is 7.44. The van der Waals surface area contributed by atoms with Gasteiger partial charge in [-0.1, -0.05) is 23.7 Å². The fourth-order valence-corrected chi connectivity index (χ4v) is 2.93. The van der Waals surface area contributed by atoms with E-state index in [1.807, 2.05) is 18.2 Å². The van der Waals surface area contributed by atoms with Gasteiger partial charge in [-0.2, -0.15) is 0 Å². The summed E-state index contributed by atoms with van der Waals surface area (Å²) >= 11 is 5.98. The number of H-pyrrole nitrogens is 1. The highest BCUT2D eigenvalue weighted by Crippen LogP contribution is 2.31. The van der Waals surface area contributed by atoms with Crippen LogP contribution in [0.15, 0.2) is 42.5 Å². The molecule has 0 saturated heterocycles. The molecule has 22 heavy (non-hydrogen) atoms. The van der Waals surface area contributed by atoms with E-state index in [4.69, 9.17) is 11.6 Å². The number of aromatic nitrogens is 2. The number of nitrogens with one attached hydrogen (secondary N) is 1. The normalized spacial score (nSPS) is 11.8. The number of rotatable bonds is 3. The average Bonchev–Trinajstić information content (AvgIpc) is 2.88. The van der Waals surface area contributed by atoms with Crippen LogP contribution in [0.3, 0.4) is 0 Å². The SMILES string of the molecule is CN(c1ccccc1-c1nc2ccc(Cl)cc2[nH]1)S(C)(=O)=O. The highest BCUT2D eigenvalue weighted by Gasteiger charge is 2.18. The fourth-order valence-electron chi connectivity index (χ4n) is 2.24. The molecule has 7 heteroatoms. The van der Waals surface area contributed by atoms with E-state index in [-0.39, 0.29) is 0 Å². The van der Waals surface area contributed by atoms with Crippen LogP contribution in [0, 0.1) is 0 Å². The summed E-state index contributed by atoms with van der Waals surface area (Å²) in [4.78, 5) is 7.70. The number of imidazole rings is 1. The second-order valence-electron chi connectivity index (χ2n) is 4.99. The molecule has 0 fully saturated rings. The first-order valence-electron chi connectivity index (χ1n) is 6.55. The summed E-state index contributed by atoms with van der Waals surface area (Å²) in [5, 5.41) is 0.615. The Hall–Kier alpha value is -2.05. The van der Waals surface area contributed by atoms with E-state index in [1.54, 1.807) is 24.3 Å². The molecule has 1 heterocycles. The Bertz CT molecular complexity index is 950. The van der Waals surface area contributed by atoms with Gasteiger partial charge in [-0.05, 0) is 30.3 Å².